The molecule has 2 aliphatic rings. The lowest BCUT2D eigenvalue weighted by Gasteiger charge is -2.31. The zero-order valence-corrected chi connectivity index (χ0v) is 18.3. The Morgan fingerprint density at radius 3 is 2.58 bits per heavy atom. The lowest BCUT2D eigenvalue weighted by Crippen LogP contribution is -2.40. The fourth-order valence-corrected chi connectivity index (χ4v) is 3.84. The molecule has 2 aliphatic heterocycles. The summed E-state index contributed by atoms with van der Waals surface area (Å²) in [5, 5.41) is 9.37. The fraction of sp³-hybridized carbons (Fsp3) is 0.522. The summed E-state index contributed by atoms with van der Waals surface area (Å²) in [6.07, 6.45) is 4.41. The first-order chi connectivity index (χ1) is 14.7. The fourth-order valence-electron chi connectivity index (χ4n) is 3.84. The maximum atomic E-state index is 12.3. The molecule has 2 aromatic rings. The zero-order valence-electron chi connectivity index (χ0n) is 18.3. The van der Waals surface area contributed by atoms with E-state index in [0.717, 1.165) is 42.7 Å². The van der Waals surface area contributed by atoms with Crippen molar-refractivity contribution in [2.24, 2.45) is 0 Å². The second-order valence-corrected chi connectivity index (χ2v) is 9.14. The van der Waals surface area contributed by atoms with Crippen LogP contribution >= 0.6 is 0 Å². The number of aromatic carboxylic acids is 1. The van der Waals surface area contributed by atoms with Gasteiger partial charge in [0.15, 0.2) is 0 Å². The van der Waals surface area contributed by atoms with Gasteiger partial charge in [0, 0.05) is 19.7 Å². The quantitative estimate of drug-likeness (QED) is 0.794. The average Bonchev–Trinajstić information content (AvgIpc) is 3.00. The molecule has 3 heterocycles. The van der Waals surface area contributed by atoms with Gasteiger partial charge in [-0.25, -0.2) is 14.6 Å². The molecule has 2 saturated heterocycles. The van der Waals surface area contributed by atoms with Crippen LogP contribution < -0.4 is 0 Å². The molecule has 0 unspecified atom stereocenters. The number of imidazole rings is 1. The molecule has 0 radical (unpaired) electrons. The molecule has 0 spiro atoms. The molecule has 166 valence electrons. The van der Waals surface area contributed by atoms with Crippen molar-refractivity contribution in [1.29, 1.82) is 0 Å². The Kier molecular flexibility index (Phi) is 5.75. The SMILES string of the molecule is CC(C)(C)OC(=O)N1CCC(=Cc2nc3ccc(C(=O)O)cc3n2C[C@@H]2CCO2)CC1. The van der Waals surface area contributed by atoms with Gasteiger partial charge in [0.2, 0.25) is 0 Å². The molecule has 1 N–H and O–H groups in total. The highest BCUT2D eigenvalue weighted by atomic mass is 16.6. The van der Waals surface area contributed by atoms with Gasteiger partial charge >= 0.3 is 12.1 Å². The first-order valence-corrected chi connectivity index (χ1v) is 10.7. The number of aromatic nitrogens is 2. The lowest BCUT2D eigenvalue weighted by molar-refractivity contribution is -0.0587. The van der Waals surface area contributed by atoms with Crippen molar-refractivity contribution < 1.29 is 24.2 Å². The number of amides is 1. The van der Waals surface area contributed by atoms with Crippen LogP contribution in [0, 0.1) is 0 Å². The molecule has 31 heavy (non-hydrogen) atoms. The summed E-state index contributed by atoms with van der Waals surface area (Å²) in [6, 6.07) is 5.01. The van der Waals surface area contributed by atoms with Gasteiger partial charge in [-0.3, -0.25) is 0 Å². The molecule has 1 aromatic carbocycles. The van der Waals surface area contributed by atoms with E-state index < -0.39 is 11.6 Å². The number of piperidine rings is 1. The second-order valence-electron chi connectivity index (χ2n) is 9.14. The summed E-state index contributed by atoms with van der Waals surface area (Å²) in [7, 11) is 0. The second kappa shape index (κ2) is 8.34. The van der Waals surface area contributed by atoms with Crippen molar-refractivity contribution in [3.63, 3.8) is 0 Å². The number of carboxylic acid groups (broad SMARTS) is 1. The van der Waals surface area contributed by atoms with Crippen molar-refractivity contribution in [3.8, 4) is 0 Å². The van der Waals surface area contributed by atoms with Crippen molar-refractivity contribution in [3.05, 3.63) is 35.2 Å². The number of nitrogens with zero attached hydrogens (tertiary/aromatic N) is 3. The molecule has 8 nitrogen and oxygen atoms in total. The predicted molar refractivity (Wildman–Crippen MR) is 116 cm³/mol. The van der Waals surface area contributed by atoms with Crippen LogP contribution in [0.1, 0.15) is 56.2 Å². The molecule has 0 saturated carbocycles. The molecular weight excluding hydrogens is 398 g/mol. The number of rotatable bonds is 4. The third kappa shape index (κ3) is 4.90. The van der Waals surface area contributed by atoms with Gasteiger partial charge in [0.25, 0.3) is 0 Å². The van der Waals surface area contributed by atoms with E-state index in [9.17, 15) is 14.7 Å². The number of benzene rings is 1. The number of ether oxygens (including phenoxy) is 2. The first-order valence-electron chi connectivity index (χ1n) is 10.7. The number of likely N-dealkylation sites (tertiary alicyclic amines) is 1. The number of fused-ring (bicyclic) bond motifs is 1. The largest absolute Gasteiger partial charge is 0.478 e. The van der Waals surface area contributed by atoms with Crippen molar-refractivity contribution in [2.45, 2.75) is 58.3 Å². The van der Waals surface area contributed by atoms with Gasteiger partial charge in [-0.15, -0.1) is 0 Å². The van der Waals surface area contributed by atoms with E-state index in [-0.39, 0.29) is 17.8 Å². The Labute approximate surface area is 181 Å². The highest BCUT2D eigenvalue weighted by Gasteiger charge is 2.26. The smallest absolute Gasteiger partial charge is 0.410 e. The Morgan fingerprint density at radius 2 is 2.00 bits per heavy atom. The minimum atomic E-state index is -0.955. The van der Waals surface area contributed by atoms with Crippen LogP contribution in [0.5, 0.6) is 0 Å². The standard InChI is InChI=1S/C23H29N3O5/c1-23(2,3)31-22(29)25-9-6-15(7-10-25)12-20-24-18-5-4-16(21(27)28)13-19(18)26(20)14-17-8-11-30-17/h4-5,12-13,17H,6-11,14H2,1-3H3,(H,27,28)/t17-/m0/s1. The van der Waals surface area contributed by atoms with E-state index in [4.69, 9.17) is 14.5 Å². The van der Waals surface area contributed by atoms with E-state index in [1.54, 1.807) is 23.1 Å². The van der Waals surface area contributed by atoms with E-state index in [1.165, 1.54) is 5.57 Å². The minimum Gasteiger partial charge on any atom is -0.478 e. The number of carbonyl (C=O) groups is 2. The van der Waals surface area contributed by atoms with Crippen molar-refractivity contribution >= 4 is 29.2 Å². The molecule has 1 atom stereocenters. The summed E-state index contributed by atoms with van der Waals surface area (Å²) < 4.78 is 13.1. The number of carboxylic acids is 1. The summed E-state index contributed by atoms with van der Waals surface area (Å²) in [4.78, 5) is 30.2. The highest BCUT2D eigenvalue weighted by molar-refractivity contribution is 5.92. The van der Waals surface area contributed by atoms with Crippen LogP contribution in [-0.2, 0) is 16.0 Å². The van der Waals surface area contributed by atoms with Crippen LogP contribution in [0.2, 0.25) is 0 Å². The van der Waals surface area contributed by atoms with Gasteiger partial charge in [-0.1, -0.05) is 5.57 Å². The number of carbonyl (C=O) groups excluding carboxylic acids is 1. The maximum Gasteiger partial charge on any atom is 0.410 e. The van der Waals surface area contributed by atoms with Crippen molar-refractivity contribution in [1.82, 2.24) is 14.5 Å². The van der Waals surface area contributed by atoms with Crippen LogP contribution in [0.25, 0.3) is 17.1 Å². The van der Waals surface area contributed by atoms with E-state index in [1.807, 2.05) is 20.8 Å². The van der Waals surface area contributed by atoms with Gasteiger partial charge in [-0.2, -0.15) is 0 Å². The summed E-state index contributed by atoms with van der Waals surface area (Å²) in [6.45, 7) is 8.22. The van der Waals surface area contributed by atoms with Gasteiger partial charge in [0.05, 0.1) is 29.2 Å². The lowest BCUT2D eigenvalue weighted by atomic mass is 10.0. The van der Waals surface area contributed by atoms with Crippen LogP contribution in [0.3, 0.4) is 0 Å². The summed E-state index contributed by atoms with van der Waals surface area (Å²) in [5.74, 6) is -0.155. The van der Waals surface area contributed by atoms with E-state index in [0.29, 0.717) is 19.6 Å². The number of hydrogen-bond donors (Lipinski definition) is 1. The summed E-state index contributed by atoms with van der Waals surface area (Å²) >= 11 is 0. The Hall–Kier alpha value is -2.87. The molecule has 2 fully saturated rings. The molecule has 8 heteroatoms. The summed E-state index contributed by atoms with van der Waals surface area (Å²) in [5.41, 5.74) is 2.52. The molecule has 1 aromatic heterocycles. The van der Waals surface area contributed by atoms with Gasteiger partial charge in [0.1, 0.15) is 11.4 Å². The van der Waals surface area contributed by atoms with Crippen molar-refractivity contribution in [2.75, 3.05) is 19.7 Å². The average molecular weight is 428 g/mol. The predicted octanol–water partition coefficient (Wildman–Crippen LogP) is 3.94. The maximum absolute atomic E-state index is 12.3. The monoisotopic (exact) mass is 427 g/mol. The third-order valence-corrected chi connectivity index (χ3v) is 5.59. The third-order valence-electron chi connectivity index (χ3n) is 5.59. The van der Waals surface area contributed by atoms with E-state index >= 15 is 0 Å². The highest BCUT2D eigenvalue weighted by Crippen LogP contribution is 2.26. The van der Waals surface area contributed by atoms with Crippen LogP contribution in [0.15, 0.2) is 23.8 Å². The van der Waals surface area contributed by atoms with E-state index in [2.05, 4.69) is 10.6 Å². The van der Waals surface area contributed by atoms with Crippen LogP contribution in [0.4, 0.5) is 4.79 Å². The molecule has 4 rings (SSSR count). The topological polar surface area (TPSA) is 93.9 Å². The zero-order chi connectivity index (χ0) is 22.2. The Bertz CT molecular complexity index is 1020. The molecule has 1 amide bonds. The molecule has 0 bridgehead atoms. The minimum absolute atomic E-state index is 0.122. The van der Waals surface area contributed by atoms with Crippen LogP contribution in [-0.4, -0.2) is 63.0 Å². The number of hydrogen-bond acceptors (Lipinski definition) is 5. The Balaban J connectivity index is 1.56. The normalized spacial score (nSPS) is 19.3. The molecule has 0 aliphatic carbocycles. The van der Waals surface area contributed by atoms with Gasteiger partial charge < -0.3 is 24.0 Å². The first kappa shape index (κ1) is 21.4. The Morgan fingerprint density at radius 1 is 1.29 bits per heavy atom. The molecular formula is C23H29N3O5. The van der Waals surface area contributed by atoms with Gasteiger partial charge in [-0.05, 0) is 64.3 Å².